The van der Waals surface area contributed by atoms with E-state index in [1.54, 1.807) is 20.8 Å². The largest absolute Gasteiger partial charge is 0.493 e. The van der Waals surface area contributed by atoms with E-state index in [2.05, 4.69) is 10.0 Å². The number of nitrogens with one attached hydrogen (secondary N) is 2. The van der Waals surface area contributed by atoms with Gasteiger partial charge in [-0.25, -0.2) is 13.1 Å². The van der Waals surface area contributed by atoms with E-state index in [0.29, 0.717) is 0 Å². The van der Waals surface area contributed by atoms with Crippen molar-refractivity contribution in [3.8, 4) is 11.5 Å². The Morgan fingerprint density at radius 3 is 2.20 bits per heavy atom. The first-order valence-electron chi connectivity index (χ1n) is 8.74. The Morgan fingerprint density at radius 2 is 1.67 bits per heavy atom. The highest BCUT2D eigenvalue weighted by atomic mass is 32.2. The zero-order valence-corrected chi connectivity index (χ0v) is 18.0. The summed E-state index contributed by atoms with van der Waals surface area (Å²) in [5, 5.41) is 13.9. The number of anilines is 1. The number of benzene rings is 2. The Hall–Kier alpha value is -3.18. The number of carbonyl (C=O) groups is 1. The summed E-state index contributed by atoms with van der Waals surface area (Å²) in [4.78, 5) is 23.4. The third kappa shape index (κ3) is 5.45. The van der Waals surface area contributed by atoms with Gasteiger partial charge in [0, 0.05) is 17.3 Å². The van der Waals surface area contributed by atoms with Crippen LogP contribution in [-0.4, -0.2) is 39.0 Å². The van der Waals surface area contributed by atoms with E-state index < -0.39 is 32.1 Å². The lowest BCUT2D eigenvalue weighted by Crippen LogP contribution is -2.40. The van der Waals surface area contributed by atoms with Gasteiger partial charge in [-0.3, -0.25) is 14.9 Å². The molecule has 0 aliphatic heterocycles. The van der Waals surface area contributed by atoms with E-state index in [-0.39, 0.29) is 27.6 Å². The third-order valence-electron chi connectivity index (χ3n) is 3.79. The summed E-state index contributed by atoms with van der Waals surface area (Å²) in [7, 11) is -1.17. The number of nitrogens with zero attached hydrogens (tertiary/aromatic N) is 1. The first kappa shape index (κ1) is 23.1. The highest BCUT2D eigenvalue weighted by Gasteiger charge is 2.26. The second-order valence-corrected chi connectivity index (χ2v) is 9.00. The predicted molar refractivity (Wildman–Crippen MR) is 111 cm³/mol. The average molecular weight is 437 g/mol. The average Bonchev–Trinajstić information content (AvgIpc) is 2.65. The SMILES string of the molecule is COc1cc(C(=O)Nc2cccc(S(=O)(=O)NC(C)(C)C)c2)c([N+](=O)[O-])cc1OC. The highest BCUT2D eigenvalue weighted by molar-refractivity contribution is 7.89. The Bertz CT molecular complexity index is 1080. The number of amides is 1. The van der Waals surface area contributed by atoms with Crippen molar-refractivity contribution >= 4 is 27.3 Å². The molecule has 0 spiro atoms. The van der Waals surface area contributed by atoms with Crippen molar-refractivity contribution in [2.45, 2.75) is 31.2 Å². The zero-order chi connectivity index (χ0) is 22.7. The van der Waals surface area contributed by atoms with E-state index in [1.807, 2.05) is 0 Å². The van der Waals surface area contributed by atoms with Gasteiger partial charge in [0.15, 0.2) is 11.5 Å². The maximum atomic E-state index is 12.7. The Balaban J connectivity index is 2.41. The van der Waals surface area contributed by atoms with Gasteiger partial charge in [-0.2, -0.15) is 0 Å². The van der Waals surface area contributed by atoms with Crippen LogP contribution < -0.4 is 19.5 Å². The van der Waals surface area contributed by atoms with Crippen LogP contribution >= 0.6 is 0 Å². The van der Waals surface area contributed by atoms with Crippen molar-refractivity contribution < 1.29 is 27.6 Å². The van der Waals surface area contributed by atoms with Crippen molar-refractivity contribution in [2.24, 2.45) is 0 Å². The number of ether oxygens (including phenoxy) is 2. The van der Waals surface area contributed by atoms with Crippen LogP contribution in [0.3, 0.4) is 0 Å². The van der Waals surface area contributed by atoms with Gasteiger partial charge in [0.05, 0.1) is 30.1 Å². The van der Waals surface area contributed by atoms with Crippen LogP contribution in [-0.2, 0) is 10.0 Å². The number of hydrogen-bond acceptors (Lipinski definition) is 7. The fourth-order valence-corrected chi connectivity index (χ4v) is 4.07. The fraction of sp³-hybridized carbons (Fsp3) is 0.316. The van der Waals surface area contributed by atoms with Crippen molar-refractivity contribution in [1.82, 2.24) is 4.72 Å². The smallest absolute Gasteiger partial charge is 0.286 e. The fourth-order valence-electron chi connectivity index (χ4n) is 2.60. The van der Waals surface area contributed by atoms with Crippen molar-refractivity contribution in [1.29, 1.82) is 0 Å². The lowest BCUT2D eigenvalue weighted by Gasteiger charge is -2.20. The first-order chi connectivity index (χ1) is 13.9. The second kappa shape index (κ2) is 8.67. The molecule has 162 valence electrons. The van der Waals surface area contributed by atoms with Gasteiger partial charge >= 0.3 is 0 Å². The molecule has 2 rings (SSSR count). The summed E-state index contributed by atoms with van der Waals surface area (Å²) in [6.07, 6.45) is 0. The summed E-state index contributed by atoms with van der Waals surface area (Å²) < 4.78 is 37.7. The number of nitro groups is 1. The van der Waals surface area contributed by atoms with Crippen LogP contribution in [0.15, 0.2) is 41.3 Å². The maximum absolute atomic E-state index is 12.7. The Labute approximate surface area is 174 Å². The van der Waals surface area contributed by atoms with Crippen LogP contribution in [0.5, 0.6) is 11.5 Å². The van der Waals surface area contributed by atoms with E-state index in [1.165, 1.54) is 44.6 Å². The summed E-state index contributed by atoms with van der Waals surface area (Å²) in [6, 6.07) is 7.84. The second-order valence-electron chi connectivity index (χ2n) is 7.32. The van der Waals surface area contributed by atoms with Gasteiger partial charge in [0.25, 0.3) is 11.6 Å². The molecule has 0 fully saturated rings. The molecule has 0 heterocycles. The van der Waals surface area contributed by atoms with Crippen molar-refractivity contribution in [3.63, 3.8) is 0 Å². The first-order valence-corrected chi connectivity index (χ1v) is 10.2. The quantitative estimate of drug-likeness (QED) is 0.502. The van der Waals surface area contributed by atoms with Gasteiger partial charge in [-0.15, -0.1) is 0 Å². The lowest BCUT2D eigenvalue weighted by molar-refractivity contribution is -0.385. The molecule has 0 unspecified atom stereocenters. The van der Waals surface area contributed by atoms with E-state index in [4.69, 9.17) is 9.47 Å². The third-order valence-corrected chi connectivity index (χ3v) is 5.54. The molecule has 0 saturated heterocycles. The molecule has 2 N–H and O–H groups in total. The van der Waals surface area contributed by atoms with Crippen LogP contribution in [0.25, 0.3) is 0 Å². The minimum absolute atomic E-state index is 0.0583. The summed E-state index contributed by atoms with van der Waals surface area (Å²) in [6.45, 7) is 5.10. The number of carbonyl (C=O) groups excluding carboxylic acids is 1. The van der Waals surface area contributed by atoms with Crippen molar-refractivity contribution in [3.05, 3.63) is 52.1 Å². The van der Waals surface area contributed by atoms with Gasteiger partial charge in [-0.05, 0) is 39.0 Å². The number of hydrogen-bond donors (Lipinski definition) is 2. The molecule has 0 aliphatic rings. The molecule has 2 aromatic carbocycles. The standard InChI is InChI=1S/C19H23N3O7S/c1-19(2,3)21-30(26,27)13-8-6-7-12(9-13)20-18(23)14-10-16(28-4)17(29-5)11-15(14)22(24)25/h6-11,21H,1-5H3,(H,20,23). The monoisotopic (exact) mass is 437 g/mol. The molecular weight excluding hydrogens is 414 g/mol. The van der Waals surface area contributed by atoms with E-state index >= 15 is 0 Å². The predicted octanol–water partition coefficient (Wildman–Crippen LogP) is 2.94. The van der Waals surface area contributed by atoms with Crippen molar-refractivity contribution in [2.75, 3.05) is 19.5 Å². The molecule has 0 bridgehead atoms. The number of sulfonamides is 1. The normalized spacial score (nSPS) is 11.6. The molecular formula is C19H23N3O7S. The van der Waals surface area contributed by atoms with Gasteiger partial charge in [0.2, 0.25) is 10.0 Å². The summed E-state index contributed by atoms with van der Waals surface area (Å²) in [5.74, 6) is -0.568. The molecule has 1 amide bonds. The van der Waals surface area contributed by atoms with Crippen LogP contribution in [0.4, 0.5) is 11.4 Å². The van der Waals surface area contributed by atoms with Crippen LogP contribution in [0, 0.1) is 10.1 Å². The molecule has 11 heteroatoms. The van der Waals surface area contributed by atoms with Gasteiger partial charge in [-0.1, -0.05) is 6.07 Å². The Morgan fingerprint density at radius 1 is 1.07 bits per heavy atom. The van der Waals surface area contributed by atoms with Crippen LogP contribution in [0.2, 0.25) is 0 Å². The van der Waals surface area contributed by atoms with Gasteiger partial charge < -0.3 is 14.8 Å². The molecule has 0 aromatic heterocycles. The molecule has 0 atom stereocenters. The minimum atomic E-state index is -3.83. The molecule has 30 heavy (non-hydrogen) atoms. The Kier molecular flexibility index (Phi) is 6.68. The zero-order valence-electron chi connectivity index (χ0n) is 17.2. The molecule has 0 aliphatic carbocycles. The molecule has 0 saturated carbocycles. The number of rotatable bonds is 7. The van der Waals surface area contributed by atoms with E-state index in [0.717, 1.165) is 6.07 Å². The molecule has 10 nitrogen and oxygen atoms in total. The maximum Gasteiger partial charge on any atom is 0.286 e. The van der Waals surface area contributed by atoms with Crippen LogP contribution in [0.1, 0.15) is 31.1 Å². The molecule has 0 radical (unpaired) electrons. The van der Waals surface area contributed by atoms with Gasteiger partial charge in [0.1, 0.15) is 5.56 Å². The number of nitro benzene ring substituents is 1. The van der Waals surface area contributed by atoms with E-state index in [9.17, 15) is 23.3 Å². The molecule has 2 aromatic rings. The minimum Gasteiger partial charge on any atom is -0.493 e. The topological polar surface area (TPSA) is 137 Å². The summed E-state index contributed by atoms with van der Waals surface area (Å²) in [5.41, 5.74) is -1.29. The highest BCUT2D eigenvalue weighted by Crippen LogP contribution is 2.35. The summed E-state index contributed by atoms with van der Waals surface area (Å²) >= 11 is 0. The number of methoxy groups -OCH3 is 2. The lowest BCUT2D eigenvalue weighted by atomic mass is 10.1.